The third-order valence-electron chi connectivity index (χ3n) is 5.30. The predicted molar refractivity (Wildman–Crippen MR) is 111 cm³/mol. The summed E-state index contributed by atoms with van der Waals surface area (Å²) in [5, 5.41) is 14.2. The first-order valence-electron chi connectivity index (χ1n) is 9.38. The molecular formula is C20H17ClN4O6. The van der Waals surface area contributed by atoms with Crippen LogP contribution >= 0.6 is 11.6 Å². The maximum atomic E-state index is 13.0. The van der Waals surface area contributed by atoms with E-state index in [1.807, 2.05) is 0 Å². The van der Waals surface area contributed by atoms with E-state index in [1.165, 1.54) is 22.8 Å². The Kier molecular flexibility index (Phi) is 5.02. The largest absolute Gasteiger partial charge is 0.419 e. The molecule has 1 fully saturated rings. The Bertz CT molecular complexity index is 1280. The number of urea groups is 1. The molecule has 10 nitrogen and oxygen atoms in total. The zero-order chi connectivity index (χ0) is 22.3. The Labute approximate surface area is 180 Å². The first-order valence-corrected chi connectivity index (χ1v) is 9.76. The smallest absolute Gasteiger partial charge is 0.408 e. The zero-order valence-corrected chi connectivity index (χ0v) is 17.1. The lowest BCUT2D eigenvalue weighted by Crippen LogP contribution is -2.41. The van der Waals surface area contributed by atoms with E-state index in [4.69, 9.17) is 16.0 Å². The van der Waals surface area contributed by atoms with Gasteiger partial charge in [-0.2, -0.15) is 0 Å². The van der Waals surface area contributed by atoms with Gasteiger partial charge in [0.05, 0.1) is 10.4 Å². The second kappa shape index (κ2) is 7.55. The van der Waals surface area contributed by atoms with Gasteiger partial charge in [0.25, 0.3) is 11.6 Å². The van der Waals surface area contributed by atoms with E-state index in [9.17, 15) is 24.5 Å². The summed E-state index contributed by atoms with van der Waals surface area (Å²) in [6.45, 7) is 1.76. The number of imide groups is 1. The molecule has 0 bridgehead atoms. The fraction of sp³-hybridized carbons (Fsp3) is 0.250. The second-order valence-corrected chi connectivity index (χ2v) is 7.74. The van der Waals surface area contributed by atoms with Crippen LogP contribution in [0.25, 0.3) is 11.1 Å². The molecule has 3 aromatic rings. The fourth-order valence-electron chi connectivity index (χ4n) is 3.66. The Morgan fingerprint density at radius 3 is 2.65 bits per heavy atom. The lowest BCUT2D eigenvalue weighted by molar-refractivity contribution is -0.384. The average Bonchev–Trinajstić information content (AvgIpc) is 3.15. The topological polar surface area (TPSA) is 128 Å². The number of hydrogen-bond acceptors (Lipinski definition) is 6. The van der Waals surface area contributed by atoms with Crippen molar-refractivity contribution in [1.82, 2.24) is 14.8 Å². The first-order chi connectivity index (χ1) is 14.7. The minimum absolute atomic E-state index is 0.0505. The van der Waals surface area contributed by atoms with E-state index < -0.39 is 28.2 Å². The Morgan fingerprint density at radius 2 is 1.94 bits per heavy atom. The number of amides is 3. The normalized spacial score (nSPS) is 18.6. The predicted octanol–water partition coefficient (Wildman–Crippen LogP) is 3.01. The highest BCUT2D eigenvalue weighted by molar-refractivity contribution is 6.30. The van der Waals surface area contributed by atoms with Gasteiger partial charge < -0.3 is 9.73 Å². The summed E-state index contributed by atoms with van der Waals surface area (Å²) >= 11 is 6.02. The van der Waals surface area contributed by atoms with Crippen LogP contribution in [0.2, 0.25) is 5.02 Å². The van der Waals surface area contributed by atoms with Crippen molar-refractivity contribution in [1.29, 1.82) is 0 Å². The number of benzene rings is 2. The van der Waals surface area contributed by atoms with Crippen LogP contribution in [0.5, 0.6) is 0 Å². The molecule has 1 N–H and O–H groups in total. The van der Waals surface area contributed by atoms with E-state index in [2.05, 4.69) is 5.32 Å². The molecule has 2 aromatic carbocycles. The summed E-state index contributed by atoms with van der Waals surface area (Å²) in [7, 11) is 0. The highest BCUT2D eigenvalue weighted by Gasteiger charge is 2.48. The maximum absolute atomic E-state index is 13.0. The minimum atomic E-state index is -1.25. The molecule has 1 aromatic heterocycles. The quantitative estimate of drug-likeness (QED) is 0.353. The van der Waals surface area contributed by atoms with E-state index in [1.54, 1.807) is 31.2 Å². The van der Waals surface area contributed by atoms with Crippen molar-refractivity contribution in [3.8, 4) is 0 Å². The summed E-state index contributed by atoms with van der Waals surface area (Å²) in [5.41, 5.74) is -0.361. The second-order valence-electron chi connectivity index (χ2n) is 7.30. The van der Waals surface area contributed by atoms with Gasteiger partial charge in [0.2, 0.25) is 0 Å². The third kappa shape index (κ3) is 3.55. The number of carbonyl (C=O) groups is 2. The van der Waals surface area contributed by atoms with Gasteiger partial charge in [0.15, 0.2) is 5.58 Å². The van der Waals surface area contributed by atoms with Gasteiger partial charge >= 0.3 is 11.8 Å². The molecule has 4 rings (SSSR count). The summed E-state index contributed by atoms with van der Waals surface area (Å²) in [4.78, 5) is 49.1. The van der Waals surface area contributed by atoms with E-state index in [-0.39, 0.29) is 36.3 Å². The minimum Gasteiger partial charge on any atom is -0.408 e. The summed E-state index contributed by atoms with van der Waals surface area (Å²) in [5.74, 6) is -1.10. The van der Waals surface area contributed by atoms with Crippen LogP contribution in [-0.2, 0) is 16.9 Å². The molecule has 3 amide bonds. The summed E-state index contributed by atoms with van der Waals surface area (Å²) in [6.07, 6.45) is 0.252. The summed E-state index contributed by atoms with van der Waals surface area (Å²) < 4.78 is 6.36. The van der Waals surface area contributed by atoms with Crippen molar-refractivity contribution >= 4 is 40.3 Å². The van der Waals surface area contributed by atoms with Crippen LogP contribution < -0.4 is 11.1 Å². The standard InChI is InChI=1S/C20H17ClN4O6/c1-20(12-4-2-5-13(21)10-12)17(26)24(18(27)22-20)9-3-8-23-15-11-14(25(29)30)6-7-16(15)31-19(23)28/h2,4-7,10-11H,3,8-9H2,1H3,(H,22,27). The Hall–Kier alpha value is -3.66. The van der Waals surface area contributed by atoms with Crippen LogP contribution in [0.1, 0.15) is 18.9 Å². The van der Waals surface area contributed by atoms with Crippen molar-refractivity contribution in [2.45, 2.75) is 25.4 Å². The van der Waals surface area contributed by atoms with E-state index in [0.717, 1.165) is 4.90 Å². The molecule has 0 saturated carbocycles. The number of rotatable bonds is 6. The average molecular weight is 445 g/mol. The molecule has 2 heterocycles. The van der Waals surface area contributed by atoms with Gasteiger partial charge in [-0.15, -0.1) is 0 Å². The van der Waals surface area contributed by atoms with Crippen molar-refractivity contribution in [2.75, 3.05) is 6.54 Å². The van der Waals surface area contributed by atoms with Crippen LogP contribution in [0, 0.1) is 10.1 Å². The number of aromatic nitrogens is 1. The SMILES string of the molecule is CC1(c2cccc(Cl)c2)NC(=O)N(CCCn2c(=O)oc3ccc([N+](=O)[O-])cc32)C1=O. The lowest BCUT2D eigenvalue weighted by Gasteiger charge is -2.22. The number of halogens is 1. The van der Waals surface area contributed by atoms with Gasteiger partial charge in [-0.25, -0.2) is 9.59 Å². The van der Waals surface area contributed by atoms with Gasteiger partial charge in [-0.05, 0) is 37.1 Å². The van der Waals surface area contributed by atoms with Crippen molar-refractivity contribution in [3.63, 3.8) is 0 Å². The number of oxazole rings is 1. The number of nitrogens with one attached hydrogen (secondary N) is 1. The van der Waals surface area contributed by atoms with Crippen LogP contribution in [0.15, 0.2) is 51.7 Å². The summed E-state index contributed by atoms with van der Waals surface area (Å²) in [6, 6.07) is 10.0. The van der Waals surface area contributed by atoms with Crippen LogP contribution in [0.4, 0.5) is 10.5 Å². The molecule has 1 unspecified atom stereocenters. The molecule has 1 saturated heterocycles. The van der Waals surface area contributed by atoms with Gasteiger partial charge in [-0.1, -0.05) is 23.7 Å². The number of fused-ring (bicyclic) bond motifs is 1. The molecule has 0 radical (unpaired) electrons. The molecule has 31 heavy (non-hydrogen) atoms. The molecule has 1 atom stereocenters. The molecule has 0 spiro atoms. The number of non-ortho nitro benzene ring substituents is 1. The number of nitro benzene ring substituents is 1. The molecule has 1 aliphatic rings. The van der Waals surface area contributed by atoms with Crippen LogP contribution in [-0.4, -0.2) is 32.9 Å². The number of aryl methyl sites for hydroxylation is 1. The van der Waals surface area contributed by atoms with Crippen molar-refractivity contribution in [3.05, 3.63) is 73.7 Å². The zero-order valence-electron chi connectivity index (χ0n) is 16.3. The van der Waals surface area contributed by atoms with Crippen molar-refractivity contribution < 1.29 is 18.9 Å². The molecule has 0 aliphatic carbocycles. The van der Waals surface area contributed by atoms with Crippen molar-refractivity contribution in [2.24, 2.45) is 0 Å². The number of hydrogen-bond donors (Lipinski definition) is 1. The maximum Gasteiger partial charge on any atom is 0.419 e. The fourth-order valence-corrected chi connectivity index (χ4v) is 3.85. The Balaban J connectivity index is 1.51. The van der Waals surface area contributed by atoms with E-state index in [0.29, 0.717) is 10.6 Å². The van der Waals surface area contributed by atoms with Gasteiger partial charge in [0, 0.05) is 30.2 Å². The van der Waals surface area contributed by atoms with Gasteiger partial charge in [-0.3, -0.25) is 24.4 Å². The van der Waals surface area contributed by atoms with Crippen LogP contribution in [0.3, 0.4) is 0 Å². The Morgan fingerprint density at radius 1 is 1.16 bits per heavy atom. The monoisotopic (exact) mass is 444 g/mol. The molecule has 160 valence electrons. The molecule has 11 heteroatoms. The number of nitrogens with zero attached hydrogens (tertiary/aromatic N) is 3. The molecular weight excluding hydrogens is 428 g/mol. The van der Waals surface area contributed by atoms with Gasteiger partial charge in [0.1, 0.15) is 5.54 Å². The third-order valence-corrected chi connectivity index (χ3v) is 5.54. The van der Waals surface area contributed by atoms with E-state index >= 15 is 0 Å². The number of nitro groups is 1. The highest BCUT2D eigenvalue weighted by Crippen LogP contribution is 2.30. The lowest BCUT2D eigenvalue weighted by atomic mass is 9.92. The first kappa shape index (κ1) is 20.6. The number of carbonyl (C=O) groups excluding carboxylic acids is 2. The highest BCUT2D eigenvalue weighted by atomic mass is 35.5. The molecule has 1 aliphatic heterocycles.